The predicted molar refractivity (Wildman–Crippen MR) is 91.2 cm³/mol. The molecule has 22 heavy (non-hydrogen) atoms. The molecule has 0 aliphatic carbocycles. The van der Waals surface area contributed by atoms with Gasteiger partial charge in [0.1, 0.15) is 0 Å². The van der Waals surface area contributed by atoms with E-state index in [1.54, 1.807) is 12.1 Å². The van der Waals surface area contributed by atoms with Gasteiger partial charge in [0.2, 0.25) is 0 Å². The summed E-state index contributed by atoms with van der Waals surface area (Å²) in [6.45, 7) is 4.90. The van der Waals surface area contributed by atoms with Crippen LogP contribution in [-0.2, 0) is 6.54 Å². The molecule has 3 rings (SSSR count). The molecular formula is C20H19NO. The van der Waals surface area contributed by atoms with Crippen molar-refractivity contribution in [2.75, 3.05) is 0 Å². The predicted octanol–water partition coefficient (Wildman–Crippen LogP) is 4.18. The van der Waals surface area contributed by atoms with E-state index < -0.39 is 0 Å². The second kappa shape index (κ2) is 6.02. The van der Waals surface area contributed by atoms with Gasteiger partial charge in [0.15, 0.2) is 5.43 Å². The van der Waals surface area contributed by atoms with E-state index in [1.165, 1.54) is 16.7 Å². The van der Waals surface area contributed by atoms with Gasteiger partial charge in [-0.15, -0.1) is 0 Å². The van der Waals surface area contributed by atoms with Crippen molar-refractivity contribution in [3.8, 4) is 11.3 Å². The highest BCUT2D eigenvalue weighted by molar-refractivity contribution is 5.60. The van der Waals surface area contributed by atoms with Crippen LogP contribution in [0.25, 0.3) is 11.3 Å². The highest BCUT2D eigenvalue weighted by atomic mass is 16.1. The molecule has 3 aromatic rings. The number of benzene rings is 2. The van der Waals surface area contributed by atoms with Crippen molar-refractivity contribution in [1.29, 1.82) is 0 Å². The van der Waals surface area contributed by atoms with Crippen molar-refractivity contribution in [2.45, 2.75) is 20.4 Å². The molecule has 1 aromatic heterocycles. The smallest absolute Gasteiger partial charge is 0.182 e. The van der Waals surface area contributed by atoms with Crippen LogP contribution in [0.15, 0.2) is 71.7 Å². The molecule has 0 saturated carbocycles. The van der Waals surface area contributed by atoms with Crippen LogP contribution in [0.5, 0.6) is 0 Å². The van der Waals surface area contributed by atoms with Gasteiger partial charge in [0, 0.05) is 24.9 Å². The largest absolute Gasteiger partial charge is 0.343 e. The van der Waals surface area contributed by atoms with Gasteiger partial charge in [0.05, 0.1) is 5.69 Å². The number of hydrogen-bond donors (Lipinski definition) is 0. The molecule has 0 bridgehead atoms. The minimum atomic E-state index is 0.0377. The van der Waals surface area contributed by atoms with E-state index in [0.717, 1.165) is 17.8 Å². The van der Waals surface area contributed by atoms with Gasteiger partial charge in [-0.3, -0.25) is 4.79 Å². The van der Waals surface area contributed by atoms with Crippen LogP contribution < -0.4 is 5.43 Å². The van der Waals surface area contributed by atoms with E-state index in [0.29, 0.717) is 0 Å². The molecule has 1 heterocycles. The number of aryl methyl sites for hydroxylation is 2. The number of rotatable bonds is 3. The second-order valence-corrected chi connectivity index (χ2v) is 5.73. The molecule has 2 aromatic carbocycles. The number of pyridine rings is 1. The van der Waals surface area contributed by atoms with Crippen molar-refractivity contribution in [2.24, 2.45) is 0 Å². The average molecular weight is 289 g/mol. The fraction of sp³-hybridized carbons (Fsp3) is 0.150. The third-order valence-electron chi connectivity index (χ3n) is 3.83. The Morgan fingerprint density at radius 2 is 1.41 bits per heavy atom. The minimum Gasteiger partial charge on any atom is -0.343 e. The van der Waals surface area contributed by atoms with Crippen molar-refractivity contribution >= 4 is 0 Å². The van der Waals surface area contributed by atoms with E-state index in [-0.39, 0.29) is 5.43 Å². The Balaban J connectivity index is 2.02. The Morgan fingerprint density at radius 3 is 2.05 bits per heavy atom. The van der Waals surface area contributed by atoms with Gasteiger partial charge in [-0.1, -0.05) is 59.7 Å². The molecule has 0 unspecified atom stereocenters. The summed E-state index contributed by atoms with van der Waals surface area (Å²) in [5.41, 5.74) is 5.75. The first-order valence-corrected chi connectivity index (χ1v) is 7.45. The monoisotopic (exact) mass is 289 g/mol. The van der Waals surface area contributed by atoms with E-state index in [2.05, 4.69) is 66.9 Å². The van der Waals surface area contributed by atoms with E-state index in [4.69, 9.17) is 0 Å². The third kappa shape index (κ3) is 3.17. The molecule has 0 N–H and O–H groups in total. The van der Waals surface area contributed by atoms with Crippen LogP contribution in [0.3, 0.4) is 0 Å². The Bertz CT molecular complexity index is 827. The van der Waals surface area contributed by atoms with Gasteiger partial charge >= 0.3 is 0 Å². The Hall–Kier alpha value is -2.61. The molecular weight excluding hydrogens is 270 g/mol. The highest BCUT2D eigenvalue weighted by Crippen LogP contribution is 2.19. The Morgan fingerprint density at radius 1 is 0.818 bits per heavy atom. The maximum Gasteiger partial charge on any atom is 0.182 e. The van der Waals surface area contributed by atoms with Crippen LogP contribution in [0.2, 0.25) is 0 Å². The second-order valence-electron chi connectivity index (χ2n) is 5.73. The summed E-state index contributed by atoms with van der Waals surface area (Å²) >= 11 is 0. The van der Waals surface area contributed by atoms with E-state index >= 15 is 0 Å². The lowest BCUT2D eigenvalue weighted by Crippen LogP contribution is -2.09. The molecule has 0 aliphatic heterocycles. The zero-order chi connectivity index (χ0) is 15.5. The molecule has 2 heteroatoms. The van der Waals surface area contributed by atoms with E-state index in [1.807, 2.05) is 6.20 Å². The number of aromatic nitrogens is 1. The molecule has 0 radical (unpaired) electrons. The summed E-state index contributed by atoms with van der Waals surface area (Å²) in [7, 11) is 0. The molecule has 0 saturated heterocycles. The first-order chi connectivity index (χ1) is 10.6. The molecule has 2 nitrogen and oxygen atoms in total. The topological polar surface area (TPSA) is 22.0 Å². The van der Waals surface area contributed by atoms with E-state index in [9.17, 15) is 4.79 Å². The minimum absolute atomic E-state index is 0.0377. The van der Waals surface area contributed by atoms with Gasteiger partial charge in [0.25, 0.3) is 0 Å². The Kier molecular flexibility index (Phi) is 3.92. The molecule has 110 valence electrons. The van der Waals surface area contributed by atoms with Crippen molar-refractivity contribution < 1.29 is 0 Å². The van der Waals surface area contributed by atoms with Crippen LogP contribution in [0, 0.1) is 13.8 Å². The standard InChI is InChI=1S/C20H19NO/c1-15-3-7-17(8-4-15)14-21-12-11-19(22)13-20(21)18-9-5-16(2)6-10-18/h3-13H,14H2,1-2H3. The average Bonchev–Trinajstić information content (AvgIpc) is 2.52. The quantitative estimate of drug-likeness (QED) is 0.709. The maximum absolute atomic E-state index is 11.8. The summed E-state index contributed by atoms with van der Waals surface area (Å²) in [6, 6.07) is 20.1. The van der Waals surface area contributed by atoms with Gasteiger partial charge in [-0.05, 0) is 25.0 Å². The van der Waals surface area contributed by atoms with Crippen LogP contribution in [0.1, 0.15) is 16.7 Å². The molecule has 0 aliphatic rings. The fourth-order valence-electron chi connectivity index (χ4n) is 2.51. The van der Waals surface area contributed by atoms with Crippen molar-refractivity contribution in [3.05, 3.63) is 93.8 Å². The number of hydrogen-bond acceptors (Lipinski definition) is 1. The summed E-state index contributed by atoms with van der Waals surface area (Å²) < 4.78 is 2.12. The van der Waals surface area contributed by atoms with Gasteiger partial charge in [-0.25, -0.2) is 0 Å². The first-order valence-electron chi connectivity index (χ1n) is 7.45. The summed E-state index contributed by atoms with van der Waals surface area (Å²) in [5, 5.41) is 0. The van der Waals surface area contributed by atoms with Gasteiger partial charge < -0.3 is 4.57 Å². The van der Waals surface area contributed by atoms with Crippen LogP contribution >= 0.6 is 0 Å². The summed E-state index contributed by atoms with van der Waals surface area (Å²) in [6.07, 6.45) is 1.87. The van der Waals surface area contributed by atoms with Crippen molar-refractivity contribution in [3.63, 3.8) is 0 Å². The van der Waals surface area contributed by atoms with Crippen LogP contribution in [-0.4, -0.2) is 4.57 Å². The van der Waals surface area contributed by atoms with Crippen molar-refractivity contribution in [1.82, 2.24) is 4.57 Å². The summed E-state index contributed by atoms with van der Waals surface area (Å²) in [5.74, 6) is 0. The van der Waals surface area contributed by atoms with Gasteiger partial charge in [-0.2, -0.15) is 0 Å². The zero-order valence-corrected chi connectivity index (χ0v) is 12.9. The highest BCUT2D eigenvalue weighted by Gasteiger charge is 2.05. The Labute approximate surface area is 130 Å². The molecule has 0 atom stereocenters. The summed E-state index contributed by atoms with van der Waals surface area (Å²) in [4.78, 5) is 11.8. The lowest BCUT2D eigenvalue weighted by Gasteiger charge is -2.14. The van der Waals surface area contributed by atoms with Crippen LogP contribution in [0.4, 0.5) is 0 Å². The zero-order valence-electron chi connectivity index (χ0n) is 12.9. The molecule has 0 amide bonds. The lowest BCUT2D eigenvalue weighted by molar-refractivity contribution is 0.797. The first kappa shape index (κ1) is 14.3. The third-order valence-corrected chi connectivity index (χ3v) is 3.83. The lowest BCUT2D eigenvalue weighted by atomic mass is 10.1. The molecule has 0 fully saturated rings. The number of nitrogens with zero attached hydrogens (tertiary/aromatic N) is 1. The normalized spacial score (nSPS) is 10.6. The molecule has 0 spiro atoms. The SMILES string of the molecule is Cc1ccc(Cn2ccc(=O)cc2-c2ccc(C)cc2)cc1. The maximum atomic E-state index is 11.8. The fourth-order valence-corrected chi connectivity index (χ4v) is 2.51.